The van der Waals surface area contributed by atoms with Gasteiger partial charge in [-0.25, -0.2) is 4.79 Å². The Hall–Kier alpha value is -3.85. The number of ether oxygens (including phenoxy) is 1. The number of nitrogens with one attached hydrogen (secondary N) is 1. The molecule has 4 aromatic rings. The second kappa shape index (κ2) is 8.88. The Labute approximate surface area is 183 Å². The SMILES string of the molecule is Cc1nnnn1-c1cc(OC(=O)NC(C)c2cnccn2)cc(-c2ccc(Cl)cc2)c1. The Morgan fingerprint density at radius 3 is 2.61 bits per heavy atom. The predicted molar refractivity (Wildman–Crippen MR) is 114 cm³/mol. The van der Waals surface area contributed by atoms with Gasteiger partial charge in [-0.15, -0.1) is 5.10 Å². The molecule has 0 saturated carbocycles. The molecule has 0 aliphatic rings. The summed E-state index contributed by atoms with van der Waals surface area (Å²) in [7, 11) is 0. The van der Waals surface area contributed by atoms with Crippen LogP contribution in [0.2, 0.25) is 5.02 Å². The van der Waals surface area contributed by atoms with Crippen molar-refractivity contribution >= 4 is 17.7 Å². The maximum absolute atomic E-state index is 12.5. The summed E-state index contributed by atoms with van der Waals surface area (Å²) in [5.74, 6) is 0.932. The number of aromatic nitrogens is 6. The molecular formula is C21H18ClN7O2. The number of nitrogens with zero attached hydrogens (tertiary/aromatic N) is 6. The summed E-state index contributed by atoms with van der Waals surface area (Å²) >= 11 is 6.01. The van der Waals surface area contributed by atoms with E-state index in [0.717, 1.165) is 11.1 Å². The van der Waals surface area contributed by atoms with Crippen molar-refractivity contribution in [3.8, 4) is 22.6 Å². The zero-order valence-corrected chi connectivity index (χ0v) is 17.5. The molecule has 0 fully saturated rings. The Morgan fingerprint density at radius 2 is 1.94 bits per heavy atom. The van der Waals surface area contributed by atoms with Crippen LogP contribution >= 0.6 is 11.6 Å². The van der Waals surface area contributed by atoms with Gasteiger partial charge in [0.15, 0.2) is 5.82 Å². The average molecular weight is 436 g/mol. The molecule has 10 heteroatoms. The summed E-state index contributed by atoms with van der Waals surface area (Å²) in [5.41, 5.74) is 2.99. The molecule has 2 heterocycles. The van der Waals surface area contributed by atoms with Crippen molar-refractivity contribution in [2.24, 2.45) is 0 Å². The van der Waals surface area contributed by atoms with E-state index in [4.69, 9.17) is 16.3 Å². The molecule has 0 bridgehead atoms. The fourth-order valence-electron chi connectivity index (χ4n) is 2.97. The molecule has 0 spiro atoms. The highest BCUT2D eigenvalue weighted by Gasteiger charge is 2.15. The number of hydrogen-bond acceptors (Lipinski definition) is 7. The van der Waals surface area contributed by atoms with Crippen molar-refractivity contribution in [1.29, 1.82) is 0 Å². The lowest BCUT2D eigenvalue weighted by atomic mass is 10.0. The molecule has 1 N–H and O–H groups in total. The van der Waals surface area contributed by atoms with Gasteiger partial charge in [0.25, 0.3) is 0 Å². The van der Waals surface area contributed by atoms with E-state index < -0.39 is 6.09 Å². The van der Waals surface area contributed by atoms with Crippen molar-refractivity contribution in [2.45, 2.75) is 19.9 Å². The zero-order chi connectivity index (χ0) is 21.8. The van der Waals surface area contributed by atoms with Gasteiger partial charge < -0.3 is 10.1 Å². The minimum Gasteiger partial charge on any atom is -0.410 e. The van der Waals surface area contributed by atoms with Crippen LogP contribution in [0, 0.1) is 6.92 Å². The molecule has 31 heavy (non-hydrogen) atoms. The van der Waals surface area contributed by atoms with Crippen LogP contribution in [0.4, 0.5) is 4.79 Å². The van der Waals surface area contributed by atoms with Crippen molar-refractivity contribution < 1.29 is 9.53 Å². The number of tetrazole rings is 1. The first-order valence-corrected chi connectivity index (χ1v) is 9.78. The minimum absolute atomic E-state index is 0.334. The van der Waals surface area contributed by atoms with Gasteiger partial charge in [0.05, 0.1) is 23.6 Å². The van der Waals surface area contributed by atoms with Gasteiger partial charge >= 0.3 is 6.09 Å². The van der Waals surface area contributed by atoms with Crippen molar-refractivity contribution in [1.82, 2.24) is 35.5 Å². The first kappa shape index (κ1) is 20.4. The number of hydrogen-bond donors (Lipinski definition) is 1. The van der Waals surface area contributed by atoms with Crippen LogP contribution in [0.3, 0.4) is 0 Å². The molecule has 1 amide bonds. The van der Waals surface area contributed by atoms with Gasteiger partial charge in [-0.1, -0.05) is 23.7 Å². The second-order valence-electron chi connectivity index (χ2n) is 6.75. The lowest BCUT2D eigenvalue weighted by Crippen LogP contribution is -2.30. The monoisotopic (exact) mass is 435 g/mol. The van der Waals surface area contributed by atoms with E-state index in [2.05, 4.69) is 30.8 Å². The highest BCUT2D eigenvalue weighted by atomic mass is 35.5. The predicted octanol–water partition coefficient (Wildman–Crippen LogP) is 3.93. The molecular weight excluding hydrogens is 418 g/mol. The van der Waals surface area contributed by atoms with Gasteiger partial charge in [-0.05, 0) is 59.7 Å². The van der Waals surface area contributed by atoms with E-state index in [-0.39, 0.29) is 6.04 Å². The van der Waals surface area contributed by atoms with Crippen LogP contribution in [-0.2, 0) is 0 Å². The van der Waals surface area contributed by atoms with Crippen molar-refractivity contribution in [3.05, 3.63) is 77.6 Å². The summed E-state index contributed by atoms with van der Waals surface area (Å²) in [4.78, 5) is 20.7. The Bertz CT molecular complexity index is 1200. The molecule has 9 nitrogen and oxygen atoms in total. The topological polar surface area (TPSA) is 108 Å². The average Bonchev–Trinajstić information content (AvgIpc) is 3.20. The van der Waals surface area contributed by atoms with Gasteiger partial charge in [0.1, 0.15) is 5.75 Å². The molecule has 2 aromatic heterocycles. The molecule has 4 rings (SSSR count). The Kier molecular flexibility index (Phi) is 5.85. The van der Waals surface area contributed by atoms with E-state index in [1.54, 1.807) is 61.4 Å². The first-order chi connectivity index (χ1) is 15.0. The number of benzene rings is 2. The van der Waals surface area contributed by atoms with Crippen LogP contribution in [0.15, 0.2) is 61.1 Å². The molecule has 0 saturated heterocycles. The second-order valence-corrected chi connectivity index (χ2v) is 7.18. The largest absolute Gasteiger partial charge is 0.413 e. The number of halogens is 1. The summed E-state index contributed by atoms with van der Waals surface area (Å²) < 4.78 is 7.13. The highest BCUT2D eigenvalue weighted by Crippen LogP contribution is 2.29. The Balaban J connectivity index is 1.63. The number of carbonyl (C=O) groups is 1. The lowest BCUT2D eigenvalue weighted by molar-refractivity contribution is 0.196. The molecule has 0 aliphatic heterocycles. The standard InChI is InChI=1S/C21H18ClN7O2/c1-13(20-12-23-7-8-24-20)25-21(30)31-19-10-16(15-3-5-17(22)6-4-15)9-18(11-19)29-14(2)26-27-28-29/h3-13H,1-2H3,(H,25,30). The van der Waals surface area contributed by atoms with Crippen LogP contribution in [0.25, 0.3) is 16.8 Å². The lowest BCUT2D eigenvalue weighted by Gasteiger charge is -2.14. The molecule has 156 valence electrons. The molecule has 2 aromatic carbocycles. The molecule has 1 atom stereocenters. The minimum atomic E-state index is -0.620. The molecule has 1 unspecified atom stereocenters. The van der Waals surface area contributed by atoms with Crippen molar-refractivity contribution in [2.75, 3.05) is 0 Å². The number of aryl methyl sites for hydroxylation is 1. The fraction of sp³-hybridized carbons (Fsp3) is 0.143. The van der Waals surface area contributed by atoms with Crippen LogP contribution in [0.1, 0.15) is 24.5 Å². The van der Waals surface area contributed by atoms with E-state index >= 15 is 0 Å². The van der Waals surface area contributed by atoms with Gasteiger partial charge in [-0.3, -0.25) is 9.97 Å². The van der Waals surface area contributed by atoms with E-state index in [9.17, 15) is 4.79 Å². The molecule has 0 aliphatic carbocycles. The number of amides is 1. The van der Waals surface area contributed by atoms with Crippen LogP contribution in [-0.4, -0.2) is 36.3 Å². The summed E-state index contributed by atoms with van der Waals surface area (Å²) in [5, 5.41) is 15.0. The third-order valence-electron chi connectivity index (χ3n) is 4.51. The van der Waals surface area contributed by atoms with E-state index in [1.165, 1.54) is 0 Å². The van der Waals surface area contributed by atoms with E-state index in [0.29, 0.717) is 28.0 Å². The van der Waals surface area contributed by atoms with Gasteiger partial charge in [-0.2, -0.15) is 4.68 Å². The number of carbonyl (C=O) groups excluding carboxylic acids is 1. The maximum atomic E-state index is 12.5. The van der Waals surface area contributed by atoms with Crippen LogP contribution in [0.5, 0.6) is 5.75 Å². The first-order valence-electron chi connectivity index (χ1n) is 9.40. The zero-order valence-electron chi connectivity index (χ0n) is 16.7. The van der Waals surface area contributed by atoms with Gasteiger partial charge in [0.2, 0.25) is 0 Å². The van der Waals surface area contributed by atoms with Crippen LogP contribution < -0.4 is 10.1 Å². The fourth-order valence-corrected chi connectivity index (χ4v) is 3.09. The van der Waals surface area contributed by atoms with Gasteiger partial charge in [0, 0.05) is 23.5 Å². The third kappa shape index (κ3) is 4.84. The summed E-state index contributed by atoms with van der Waals surface area (Å²) in [6.07, 6.45) is 4.10. The number of rotatable bonds is 5. The normalized spacial score (nSPS) is 11.7. The molecule has 0 radical (unpaired) electrons. The summed E-state index contributed by atoms with van der Waals surface area (Å²) in [6.45, 7) is 3.58. The highest BCUT2D eigenvalue weighted by molar-refractivity contribution is 6.30. The third-order valence-corrected chi connectivity index (χ3v) is 4.76. The summed E-state index contributed by atoms with van der Waals surface area (Å²) in [6, 6.07) is 12.3. The maximum Gasteiger partial charge on any atom is 0.413 e. The van der Waals surface area contributed by atoms with E-state index in [1.807, 2.05) is 18.2 Å². The van der Waals surface area contributed by atoms with Crippen molar-refractivity contribution in [3.63, 3.8) is 0 Å². The quantitative estimate of drug-likeness (QED) is 0.506. The Morgan fingerprint density at radius 1 is 1.13 bits per heavy atom. The smallest absolute Gasteiger partial charge is 0.410 e.